The smallest absolute Gasteiger partial charge is 0.268 e. The van der Waals surface area contributed by atoms with Gasteiger partial charge in [-0.2, -0.15) is 6.07 Å². The van der Waals surface area contributed by atoms with Crippen molar-refractivity contribution in [3.05, 3.63) is 382 Å². The van der Waals surface area contributed by atoms with Crippen molar-refractivity contribution in [2.45, 2.75) is 26.2 Å². The molecule has 0 atom stereocenters. The van der Waals surface area contributed by atoms with Crippen LogP contribution in [0.4, 0.5) is 0 Å². The molecule has 0 spiro atoms. The van der Waals surface area contributed by atoms with Crippen LogP contribution in [0.15, 0.2) is 358 Å². The number of hydrogen-bond acceptors (Lipinski definition) is 2. The van der Waals surface area contributed by atoms with Crippen molar-refractivity contribution in [3.63, 3.8) is 0 Å². The van der Waals surface area contributed by atoms with Crippen molar-refractivity contribution in [3.8, 4) is 84.6 Å². The summed E-state index contributed by atoms with van der Waals surface area (Å²) in [6, 6.07) is 104. The van der Waals surface area contributed by atoms with Crippen molar-refractivity contribution in [2.24, 2.45) is 0 Å². The van der Waals surface area contributed by atoms with E-state index < -0.39 is 68.5 Å². The van der Waals surface area contributed by atoms with E-state index in [1.165, 1.54) is 15.6 Å². The van der Waals surface area contributed by atoms with Gasteiger partial charge in [0.15, 0.2) is 8.07 Å². The van der Waals surface area contributed by atoms with Gasteiger partial charge in [0.2, 0.25) is 0 Å². The van der Waals surface area contributed by atoms with E-state index in [9.17, 15) is 11.0 Å². The number of fused-ring (bicyclic) bond motifs is 21. The normalized spacial score (nSPS) is 13.8. The Labute approximate surface area is 661 Å². The van der Waals surface area contributed by atoms with Gasteiger partial charge < -0.3 is 23.0 Å². The Balaban J connectivity index is 0.00000907. The molecule has 1 aliphatic rings. The van der Waals surface area contributed by atoms with Gasteiger partial charge in [0.25, 0.3) is 6.33 Å². The molecule has 15 aromatic carbocycles. The maximum atomic E-state index is 9.69. The van der Waals surface area contributed by atoms with Gasteiger partial charge in [-0.25, -0.2) is 4.98 Å². The molecule has 0 aliphatic carbocycles. The van der Waals surface area contributed by atoms with Gasteiger partial charge in [0.1, 0.15) is 5.82 Å². The summed E-state index contributed by atoms with van der Waals surface area (Å²) in [7, 11) is -3.50. The molecule has 109 heavy (non-hydrogen) atoms. The topological polar surface area (TPSA) is 45.7 Å². The second-order valence-corrected chi connectivity index (χ2v) is 32.4. The molecule has 8 bridgehead atoms. The molecule has 0 fully saturated rings. The first-order valence-corrected chi connectivity index (χ1v) is 38.2. The molecule has 1 aliphatic heterocycles. The van der Waals surface area contributed by atoms with E-state index in [-0.39, 0.29) is 60.2 Å². The molecular weight excluding hydrogens is 1520 g/mol. The molecule has 7 nitrogen and oxygen atoms in total. The van der Waals surface area contributed by atoms with Gasteiger partial charge in [-0.15, -0.1) is 35.7 Å². The summed E-state index contributed by atoms with van der Waals surface area (Å²) in [6.07, 6.45) is 5.65. The zero-order chi connectivity index (χ0) is 80.5. The monoisotopic (exact) mass is 1600 g/mol. The summed E-state index contributed by atoms with van der Waals surface area (Å²) >= 11 is 0. The summed E-state index contributed by atoms with van der Waals surface area (Å²) in [6.45, 7) is 6.56. The number of aromatic nitrogens is 6. The predicted molar refractivity (Wildman–Crippen MR) is 446 cm³/mol. The van der Waals surface area contributed by atoms with E-state index in [0.717, 1.165) is 110 Å². The standard InChI is InChI=1S/C100H68N6OSi.Pt/c1-100(2,3)69-55-56-101-98(58-69)106-91-45-24-20-39-84(91)86-52-49-73(63-94(86)106)107-74-60-71-59-72(61-74)105-90-44-23-19-37-82(90)85-51-47-68(57-93(85)105)78-35-16-17-36-81(78)88-40-21-25-46-97(88)108(75-31-12-6-13-32-75,76-33-14-7-15-34-76)77-50-53-87-83-38-18-22-43-89(83)104(95(87)64-77)70-48-54-92-96(62-70)102(71)65-103(92)99-79(66-27-8-4-9-28-66)41-26-42-80(99)67-29-10-5-11-30-67;/h4-59,61-62,64H,1-3H3;/q-2;/i4D,5D,8D,9D,10D,11D,27D,28D,29D,30D;. The van der Waals surface area contributed by atoms with E-state index in [2.05, 4.69) is 277 Å². The second-order valence-electron chi connectivity index (χ2n) is 28.7. The quantitative estimate of drug-likeness (QED) is 0.0865. The van der Waals surface area contributed by atoms with Crippen LogP contribution in [0.25, 0.3) is 150 Å². The van der Waals surface area contributed by atoms with Crippen LogP contribution >= 0.6 is 0 Å². The number of rotatable bonds is 8. The number of para-hydroxylation sites is 4. The van der Waals surface area contributed by atoms with Gasteiger partial charge >= 0.3 is 0 Å². The minimum Gasteiger partial charge on any atom is -0.510 e. The second kappa shape index (κ2) is 25.9. The first-order valence-electron chi connectivity index (χ1n) is 41.2. The summed E-state index contributed by atoms with van der Waals surface area (Å²) in [5, 5.41) is 10.7. The molecule has 9 heteroatoms. The Kier molecular flexibility index (Phi) is 13.2. The number of ether oxygens (including phenoxy) is 1. The fourth-order valence-corrected chi connectivity index (χ4v) is 21.9. The van der Waals surface area contributed by atoms with Crippen LogP contribution in [-0.2, 0) is 26.5 Å². The van der Waals surface area contributed by atoms with Gasteiger partial charge in [0.05, 0.1) is 52.5 Å². The summed E-state index contributed by atoms with van der Waals surface area (Å²) < 4.78 is 111. The zero-order valence-corrected chi connectivity index (χ0v) is 62.5. The number of pyridine rings is 1. The molecule has 21 rings (SSSR count). The third-order valence-electron chi connectivity index (χ3n) is 21.7. The average Bonchev–Trinajstić information content (AvgIpc) is 1.69. The Morgan fingerprint density at radius 2 is 0.945 bits per heavy atom. The van der Waals surface area contributed by atoms with Crippen LogP contribution in [0.2, 0.25) is 0 Å². The van der Waals surface area contributed by atoms with Gasteiger partial charge in [0, 0.05) is 71.5 Å². The maximum Gasteiger partial charge on any atom is 0.268 e. The van der Waals surface area contributed by atoms with Gasteiger partial charge in [-0.3, -0.25) is 4.57 Å². The van der Waals surface area contributed by atoms with Crippen LogP contribution in [0.5, 0.6) is 11.5 Å². The van der Waals surface area contributed by atoms with Crippen molar-refractivity contribution in [2.75, 3.05) is 0 Å². The molecule has 0 unspecified atom stereocenters. The third kappa shape index (κ3) is 10.5. The van der Waals surface area contributed by atoms with Crippen molar-refractivity contribution >= 4 is 105 Å². The van der Waals surface area contributed by atoms with E-state index in [1.54, 1.807) is 22.8 Å². The van der Waals surface area contributed by atoms with Crippen LogP contribution < -0.4 is 30.1 Å². The number of benzene rings is 15. The molecule has 0 amide bonds. The molecular formula is C100H68N6OPtSi-2. The Morgan fingerprint density at radius 3 is 1.61 bits per heavy atom. The van der Waals surface area contributed by atoms with Gasteiger partial charge in [-0.05, 0) is 142 Å². The molecule has 520 valence electrons. The van der Waals surface area contributed by atoms with Crippen molar-refractivity contribution in [1.29, 1.82) is 0 Å². The van der Waals surface area contributed by atoms with Crippen LogP contribution in [0, 0.1) is 18.5 Å². The third-order valence-corrected chi connectivity index (χ3v) is 26.5. The largest absolute Gasteiger partial charge is 0.510 e. The van der Waals surface area contributed by atoms with Crippen molar-refractivity contribution in [1.82, 2.24) is 23.3 Å². The Bertz CT molecular complexity index is 7500. The number of imidazole rings is 1. The van der Waals surface area contributed by atoms with E-state index in [1.807, 2.05) is 59.3 Å². The number of hydrogen-bond donors (Lipinski definition) is 0. The fraction of sp³-hybridized carbons (Fsp3) is 0.0400. The first kappa shape index (κ1) is 55.5. The van der Waals surface area contributed by atoms with Crippen molar-refractivity contribution < 1.29 is 44.1 Å². The molecule has 6 heterocycles. The Hall–Kier alpha value is -13.0. The maximum absolute atomic E-state index is 9.69. The zero-order valence-electron chi connectivity index (χ0n) is 69.2. The average molecular weight is 1600 g/mol. The van der Waals surface area contributed by atoms with E-state index in [0.29, 0.717) is 28.2 Å². The molecule has 0 saturated heterocycles. The van der Waals surface area contributed by atoms with E-state index in [4.69, 9.17) is 12.5 Å². The number of nitrogens with zero attached hydrogens (tertiary/aromatic N) is 6. The fourth-order valence-electron chi connectivity index (χ4n) is 16.9. The van der Waals surface area contributed by atoms with Crippen LogP contribution in [-0.4, -0.2) is 31.3 Å². The van der Waals surface area contributed by atoms with Crippen LogP contribution in [0.3, 0.4) is 0 Å². The summed E-state index contributed by atoms with van der Waals surface area (Å²) in [5.41, 5.74) is 13.1. The van der Waals surface area contributed by atoms with Gasteiger partial charge in [-0.1, -0.05) is 305 Å². The van der Waals surface area contributed by atoms with E-state index >= 15 is 0 Å². The Morgan fingerprint density at radius 1 is 0.394 bits per heavy atom. The molecule has 0 N–H and O–H groups in total. The van der Waals surface area contributed by atoms with Crippen LogP contribution in [0.1, 0.15) is 40.0 Å². The minimum absolute atomic E-state index is 0. The summed E-state index contributed by atoms with van der Waals surface area (Å²) in [5.74, 6) is 1.37. The first-order chi connectivity index (χ1) is 57.3. The minimum atomic E-state index is -3.50. The summed E-state index contributed by atoms with van der Waals surface area (Å²) in [4.78, 5) is 5.01. The SMILES string of the molecule is [2H]c1c([2H])c([2H])c(-c2cccc(-c3c([2H])c([2H])c([2H])c([2H])c3[2H])c2-[n+]2[c-]n3c4cc(ccc42)-n2c4ccccc4c4ccc(cc42)[Si](c2ccccc2)(c2ccccc2)c2ccccc2-c2ccccc2-c2ccc4c5ccccc5n(c4c2)-c2cc(Oc4[c-]c5c(cc4)c4ccccc4n5-c4cc(C(C)(C)C)ccn4)[c-]c-3c2)c([2H])c1[2H].[Pt]. The molecule has 20 aromatic rings. The molecule has 0 saturated carbocycles. The molecule has 0 radical (unpaired) electrons. The molecule has 5 aromatic heterocycles. The predicted octanol–water partition coefficient (Wildman–Crippen LogP) is 21.4.